The van der Waals surface area contributed by atoms with Gasteiger partial charge in [-0.2, -0.15) is 0 Å². The van der Waals surface area contributed by atoms with E-state index in [4.69, 9.17) is 0 Å². The van der Waals surface area contributed by atoms with Gasteiger partial charge in [0.1, 0.15) is 0 Å². The van der Waals surface area contributed by atoms with Crippen molar-refractivity contribution in [1.29, 1.82) is 0 Å². The SMILES string of the molecule is C[C@@]12CCCN1C[C@@]1(CC1(F)F)C2. The largest absolute Gasteiger partial charge is 0.297 e. The number of halogens is 2. The lowest BCUT2D eigenvalue weighted by Crippen LogP contribution is -2.34. The molecule has 1 nitrogen and oxygen atoms in total. The molecule has 3 fully saturated rings. The standard InChI is InChI=1S/C10H15F2N/c1-8-3-2-4-13(8)7-9(5-8)6-10(9,11)12/h2-7H2,1H3/t8-,9-/m0/s1. The maximum absolute atomic E-state index is 13.1. The molecule has 0 aromatic rings. The molecule has 1 spiro atoms. The van der Waals surface area contributed by atoms with Crippen LogP contribution in [0.1, 0.15) is 32.6 Å². The maximum Gasteiger partial charge on any atom is 0.255 e. The summed E-state index contributed by atoms with van der Waals surface area (Å²) in [6.07, 6.45) is 3.18. The van der Waals surface area contributed by atoms with E-state index in [1.165, 1.54) is 6.42 Å². The van der Waals surface area contributed by atoms with E-state index in [9.17, 15) is 8.78 Å². The topological polar surface area (TPSA) is 3.24 Å². The Balaban J connectivity index is 1.87. The van der Waals surface area contributed by atoms with Crippen molar-refractivity contribution < 1.29 is 8.78 Å². The highest BCUT2D eigenvalue weighted by Crippen LogP contribution is 2.69. The van der Waals surface area contributed by atoms with Crippen molar-refractivity contribution in [3.8, 4) is 0 Å². The molecule has 0 amide bonds. The number of nitrogens with zero attached hydrogens (tertiary/aromatic N) is 1. The normalized spacial score (nSPS) is 52.8. The number of hydrogen-bond donors (Lipinski definition) is 0. The average Bonchev–Trinajstić information content (AvgIpc) is 2.32. The van der Waals surface area contributed by atoms with Crippen LogP contribution in [0.3, 0.4) is 0 Å². The highest BCUT2D eigenvalue weighted by molar-refractivity contribution is 5.20. The Labute approximate surface area is 77.1 Å². The Hall–Kier alpha value is -0.180. The fraction of sp³-hybridized carbons (Fsp3) is 1.00. The second-order valence-electron chi connectivity index (χ2n) is 5.36. The number of fused-ring (bicyclic) bond motifs is 1. The molecule has 3 heteroatoms. The molecular weight excluding hydrogens is 172 g/mol. The molecule has 2 heterocycles. The van der Waals surface area contributed by atoms with Gasteiger partial charge in [0, 0.05) is 18.5 Å². The molecule has 3 aliphatic rings. The summed E-state index contributed by atoms with van der Waals surface area (Å²) in [6.45, 7) is 3.84. The minimum atomic E-state index is -2.35. The first kappa shape index (κ1) is 8.16. The van der Waals surface area contributed by atoms with Crippen molar-refractivity contribution in [1.82, 2.24) is 4.90 Å². The van der Waals surface area contributed by atoms with Crippen LogP contribution in [0.15, 0.2) is 0 Å². The van der Waals surface area contributed by atoms with Crippen LogP contribution in [0.4, 0.5) is 8.78 Å². The van der Waals surface area contributed by atoms with Crippen molar-refractivity contribution in [2.45, 2.75) is 44.1 Å². The van der Waals surface area contributed by atoms with Gasteiger partial charge in [0.15, 0.2) is 0 Å². The quantitative estimate of drug-likeness (QED) is 0.562. The monoisotopic (exact) mass is 187 g/mol. The summed E-state index contributed by atoms with van der Waals surface area (Å²) in [5, 5.41) is 0. The van der Waals surface area contributed by atoms with E-state index in [0.29, 0.717) is 6.54 Å². The van der Waals surface area contributed by atoms with Crippen LogP contribution in [0.2, 0.25) is 0 Å². The Morgan fingerprint density at radius 3 is 2.46 bits per heavy atom. The lowest BCUT2D eigenvalue weighted by molar-refractivity contribution is 0.0657. The van der Waals surface area contributed by atoms with Gasteiger partial charge in [-0.25, -0.2) is 8.78 Å². The predicted octanol–water partition coefficient (Wildman–Crippen LogP) is 2.27. The lowest BCUT2D eigenvalue weighted by atomic mass is 9.90. The maximum atomic E-state index is 13.1. The van der Waals surface area contributed by atoms with Crippen molar-refractivity contribution in [2.24, 2.45) is 5.41 Å². The highest BCUT2D eigenvalue weighted by atomic mass is 19.3. The predicted molar refractivity (Wildman–Crippen MR) is 45.8 cm³/mol. The first-order valence-corrected chi connectivity index (χ1v) is 5.11. The Morgan fingerprint density at radius 2 is 1.92 bits per heavy atom. The number of hydrogen-bond acceptors (Lipinski definition) is 1. The zero-order valence-electron chi connectivity index (χ0n) is 7.95. The van der Waals surface area contributed by atoms with Gasteiger partial charge in [-0.05, 0) is 32.7 Å². The molecule has 1 aliphatic carbocycles. The van der Waals surface area contributed by atoms with E-state index in [2.05, 4.69) is 11.8 Å². The number of rotatable bonds is 0. The summed E-state index contributed by atoms with van der Waals surface area (Å²) < 4.78 is 26.3. The first-order valence-electron chi connectivity index (χ1n) is 5.11. The highest BCUT2D eigenvalue weighted by Gasteiger charge is 2.76. The molecule has 3 rings (SSSR count). The van der Waals surface area contributed by atoms with E-state index >= 15 is 0 Å². The molecule has 2 saturated heterocycles. The summed E-state index contributed by atoms with van der Waals surface area (Å²) >= 11 is 0. The van der Waals surface area contributed by atoms with Crippen LogP contribution in [-0.2, 0) is 0 Å². The van der Waals surface area contributed by atoms with Gasteiger partial charge in [0.05, 0.1) is 5.41 Å². The lowest BCUT2D eigenvalue weighted by Gasteiger charge is -2.26. The smallest absolute Gasteiger partial charge is 0.255 e. The molecular formula is C10H15F2N. The van der Waals surface area contributed by atoms with Gasteiger partial charge in [-0.1, -0.05) is 0 Å². The van der Waals surface area contributed by atoms with Gasteiger partial charge >= 0.3 is 0 Å². The molecule has 1 saturated carbocycles. The summed E-state index contributed by atoms with van der Waals surface area (Å²) in [4.78, 5) is 2.29. The van der Waals surface area contributed by atoms with E-state index in [0.717, 1.165) is 19.4 Å². The van der Waals surface area contributed by atoms with E-state index in [-0.39, 0.29) is 12.0 Å². The van der Waals surface area contributed by atoms with Gasteiger partial charge in [0.2, 0.25) is 0 Å². The van der Waals surface area contributed by atoms with Crippen LogP contribution in [-0.4, -0.2) is 29.5 Å². The van der Waals surface area contributed by atoms with E-state index in [1.54, 1.807) is 0 Å². The molecule has 0 aromatic carbocycles. The van der Waals surface area contributed by atoms with Gasteiger partial charge in [-0.15, -0.1) is 0 Å². The fourth-order valence-electron chi connectivity index (χ4n) is 3.44. The molecule has 0 bridgehead atoms. The summed E-state index contributed by atoms with van der Waals surface area (Å²) in [6, 6.07) is 0. The minimum absolute atomic E-state index is 0.111. The van der Waals surface area contributed by atoms with Crippen LogP contribution >= 0.6 is 0 Å². The zero-order valence-corrected chi connectivity index (χ0v) is 7.95. The molecule has 2 atom stereocenters. The summed E-state index contributed by atoms with van der Waals surface area (Å²) in [5.41, 5.74) is -0.498. The Bertz CT molecular complexity index is 266. The minimum Gasteiger partial charge on any atom is -0.297 e. The van der Waals surface area contributed by atoms with Crippen LogP contribution < -0.4 is 0 Å². The van der Waals surface area contributed by atoms with Crippen molar-refractivity contribution in [2.75, 3.05) is 13.1 Å². The average molecular weight is 187 g/mol. The van der Waals surface area contributed by atoms with E-state index < -0.39 is 11.3 Å². The van der Waals surface area contributed by atoms with Crippen molar-refractivity contribution in [3.63, 3.8) is 0 Å². The third kappa shape index (κ3) is 0.841. The third-order valence-electron chi connectivity index (χ3n) is 4.33. The molecule has 74 valence electrons. The fourth-order valence-corrected chi connectivity index (χ4v) is 3.44. The van der Waals surface area contributed by atoms with Crippen molar-refractivity contribution >= 4 is 0 Å². The molecule has 0 aromatic heterocycles. The molecule has 2 aliphatic heterocycles. The zero-order chi connectivity index (χ0) is 9.32. The van der Waals surface area contributed by atoms with Crippen LogP contribution in [0.25, 0.3) is 0 Å². The van der Waals surface area contributed by atoms with E-state index in [1.807, 2.05) is 0 Å². The summed E-state index contributed by atoms with van der Waals surface area (Å²) in [7, 11) is 0. The third-order valence-corrected chi connectivity index (χ3v) is 4.33. The Morgan fingerprint density at radius 1 is 1.23 bits per heavy atom. The first-order chi connectivity index (χ1) is 5.98. The second-order valence-corrected chi connectivity index (χ2v) is 5.36. The molecule has 0 radical (unpaired) electrons. The van der Waals surface area contributed by atoms with Crippen LogP contribution in [0.5, 0.6) is 0 Å². The van der Waals surface area contributed by atoms with Crippen molar-refractivity contribution in [3.05, 3.63) is 0 Å². The number of alkyl halides is 2. The van der Waals surface area contributed by atoms with Gasteiger partial charge in [0.25, 0.3) is 5.92 Å². The summed E-state index contributed by atoms with van der Waals surface area (Å²) in [5.74, 6) is -2.35. The second kappa shape index (κ2) is 1.92. The molecule has 0 N–H and O–H groups in total. The Kier molecular flexibility index (Phi) is 1.21. The molecule has 13 heavy (non-hydrogen) atoms. The van der Waals surface area contributed by atoms with Gasteiger partial charge in [-0.3, -0.25) is 4.90 Å². The molecule has 0 unspecified atom stereocenters. The van der Waals surface area contributed by atoms with Gasteiger partial charge < -0.3 is 0 Å². The van der Waals surface area contributed by atoms with Crippen LogP contribution in [0, 0.1) is 5.41 Å².